The third-order valence-corrected chi connectivity index (χ3v) is 1.97. The second kappa shape index (κ2) is 8.91. The first-order valence-electron chi connectivity index (χ1n) is 5.53. The van der Waals surface area contributed by atoms with E-state index in [4.69, 9.17) is 11.2 Å². The van der Waals surface area contributed by atoms with Crippen molar-refractivity contribution in [1.29, 1.82) is 0 Å². The fraction of sp³-hybridized carbons (Fsp3) is 0.250. The van der Waals surface area contributed by atoms with Crippen LogP contribution < -0.4 is 0 Å². The van der Waals surface area contributed by atoms with Gasteiger partial charge in [-0.05, 0) is 5.56 Å². The van der Waals surface area contributed by atoms with E-state index in [9.17, 15) is 5.11 Å². The van der Waals surface area contributed by atoms with E-state index in [-0.39, 0.29) is 13.2 Å². The molecule has 1 unspecified atom stereocenters. The van der Waals surface area contributed by atoms with Gasteiger partial charge >= 0.3 is 0 Å². The third-order valence-electron chi connectivity index (χ3n) is 1.97. The summed E-state index contributed by atoms with van der Waals surface area (Å²) in [5.41, 5.74) is 1.11. The van der Waals surface area contributed by atoms with Crippen LogP contribution in [0.15, 0.2) is 30.3 Å². The van der Waals surface area contributed by atoms with Crippen LogP contribution in [-0.2, 0) is 11.2 Å². The van der Waals surface area contributed by atoms with Crippen LogP contribution in [0.1, 0.15) is 5.56 Å². The number of aliphatic hydroxyl groups excluding tert-OH is 1. The van der Waals surface area contributed by atoms with Crippen LogP contribution in [0.25, 0.3) is 0 Å². The summed E-state index contributed by atoms with van der Waals surface area (Å²) in [5, 5.41) is 9.44. The van der Waals surface area contributed by atoms with E-state index < -0.39 is 6.10 Å². The normalized spacial score (nSPS) is 10.2. The number of rotatable bonds is 3. The predicted molar refractivity (Wildman–Crippen MR) is 71.4 cm³/mol. The molecule has 0 heterocycles. The topological polar surface area (TPSA) is 29.5 Å². The van der Waals surface area contributed by atoms with E-state index >= 15 is 0 Å². The molecule has 0 aromatic heterocycles. The summed E-state index contributed by atoms with van der Waals surface area (Å²) in [6, 6.07) is 9.83. The molecule has 1 aromatic rings. The van der Waals surface area contributed by atoms with Crippen LogP contribution in [0.4, 0.5) is 0 Å². The van der Waals surface area contributed by atoms with Gasteiger partial charge in [0.15, 0.2) is 6.10 Å². The highest BCUT2D eigenvalue weighted by atomic mass is 16.5. The smallest absolute Gasteiger partial charge is 0.176 e. The fourth-order valence-electron chi connectivity index (χ4n) is 1.18. The average molecular weight is 238 g/mol. The van der Waals surface area contributed by atoms with Crippen LogP contribution in [0.3, 0.4) is 0 Å². The Kier molecular flexibility index (Phi) is 6.87. The standard InChI is InChI=1S/C16H14O2/c1-2-13-18-14-7-12-16(17)11-6-10-15-8-4-3-5-9-15/h1,3-5,8-9,16-17H,10,13-14H2. The molecule has 1 rings (SSSR count). The maximum atomic E-state index is 9.44. The Bertz CT molecular complexity index is 503. The van der Waals surface area contributed by atoms with Crippen molar-refractivity contribution < 1.29 is 9.84 Å². The van der Waals surface area contributed by atoms with Crippen LogP contribution in [0.2, 0.25) is 0 Å². The Morgan fingerprint density at radius 3 is 2.56 bits per heavy atom. The van der Waals surface area contributed by atoms with E-state index in [2.05, 4.69) is 29.6 Å². The lowest BCUT2D eigenvalue weighted by Crippen LogP contribution is -1.99. The number of hydrogen-bond acceptors (Lipinski definition) is 2. The van der Waals surface area contributed by atoms with Crippen molar-refractivity contribution in [2.24, 2.45) is 0 Å². The number of terminal acetylenes is 1. The summed E-state index contributed by atoms with van der Waals surface area (Å²) in [4.78, 5) is 0. The Morgan fingerprint density at radius 1 is 1.11 bits per heavy atom. The highest BCUT2D eigenvalue weighted by Gasteiger charge is 1.90. The maximum absolute atomic E-state index is 9.44. The molecule has 2 nitrogen and oxygen atoms in total. The molecule has 0 bridgehead atoms. The summed E-state index contributed by atoms with van der Waals surface area (Å²) >= 11 is 0. The first-order chi connectivity index (χ1) is 8.83. The van der Waals surface area contributed by atoms with Crippen molar-refractivity contribution >= 4 is 0 Å². The first-order valence-corrected chi connectivity index (χ1v) is 5.53. The summed E-state index contributed by atoms with van der Waals surface area (Å²) in [7, 11) is 0. The minimum absolute atomic E-state index is 0.210. The SMILES string of the molecule is C#CCOCC#CC(O)C#CCc1ccccc1. The molecular formula is C16H14O2. The van der Waals surface area contributed by atoms with Gasteiger partial charge in [0.05, 0.1) is 0 Å². The highest BCUT2D eigenvalue weighted by molar-refractivity contribution is 5.24. The summed E-state index contributed by atoms with van der Waals surface area (Å²) < 4.78 is 4.94. The number of aliphatic hydroxyl groups is 1. The number of benzene rings is 1. The predicted octanol–water partition coefficient (Wildman–Crippen LogP) is 1.25. The first kappa shape index (κ1) is 13.9. The van der Waals surface area contributed by atoms with E-state index in [1.54, 1.807) is 0 Å². The van der Waals surface area contributed by atoms with E-state index in [0.29, 0.717) is 6.42 Å². The minimum atomic E-state index is -0.942. The zero-order chi connectivity index (χ0) is 13.1. The van der Waals surface area contributed by atoms with E-state index in [1.807, 2.05) is 30.3 Å². The molecule has 0 spiro atoms. The second-order valence-corrected chi connectivity index (χ2v) is 3.40. The molecule has 1 atom stereocenters. The molecule has 0 amide bonds. The largest absolute Gasteiger partial charge is 0.369 e. The van der Waals surface area contributed by atoms with Crippen molar-refractivity contribution in [3.63, 3.8) is 0 Å². The molecule has 0 aliphatic heterocycles. The Labute approximate surface area is 108 Å². The zero-order valence-electron chi connectivity index (χ0n) is 10.0. The van der Waals surface area contributed by atoms with E-state index in [0.717, 1.165) is 5.56 Å². The monoisotopic (exact) mass is 238 g/mol. The van der Waals surface area contributed by atoms with Gasteiger partial charge in [0.1, 0.15) is 13.2 Å². The molecule has 90 valence electrons. The lowest BCUT2D eigenvalue weighted by atomic mass is 10.1. The number of ether oxygens (including phenoxy) is 1. The summed E-state index contributed by atoms with van der Waals surface area (Å²) in [5.74, 6) is 13.1. The van der Waals surface area contributed by atoms with Gasteiger partial charge in [-0.15, -0.1) is 6.42 Å². The number of hydrogen-bond donors (Lipinski definition) is 1. The molecular weight excluding hydrogens is 224 g/mol. The molecule has 0 aliphatic rings. The highest BCUT2D eigenvalue weighted by Crippen LogP contribution is 1.97. The third kappa shape index (κ3) is 6.41. The molecule has 2 heteroatoms. The lowest BCUT2D eigenvalue weighted by molar-refractivity contribution is 0.204. The molecule has 0 saturated heterocycles. The molecule has 0 fully saturated rings. The Morgan fingerprint density at radius 2 is 1.83 bits per heavy atom. The van der Waals surface area contributed by atoms with Gasteiger partial charge in [-0.3, -0.25) is 0 Å². The fourth-order valence-corrected chi connectivity index (χ4v) is 1.18. The summed E-state index contributed by atoms with van der Waals surface area (Å²) in [6.45, 7) is 0.437. The van der Waals surface area contributed by atoms with Gasteiger partial charge in [0, 0.05) is 6.42 Å². The van der Waals surface area contributed by atoms with Crippen LogP contribution in [0, 0.1) is 36.0 Å². The van der Waals surface area contributed by atoms with Crippen molar-refractivity contribution in [1.82, 2.24) is 0 Å². The molecule has 18 heavy (non-hydrogen) atoms. The van der Waals surface area contributed by atoms with Gasteiger partial charge in [0.25, 0.3) is 0 Å². The molecule has 1 N–H and O–H groups in total. The summed E-state index contributed by atoms with van der Waals surface area (Å²) in [6.07, 6.45) is 4.66. The van der Waals surface area contributed by atoms with Crippen molar-refractivity contribution in [3.8, 4) is 36.0 Å². The van der Waals surface area contributed by atoms with Gasteiger partial charge in [-0.25, -0.2) is 0 Å². The average Bonchev–Trinajstić information content (AvgIpc) is 2.40. The zero-order valence-corrected chi connectivity index (χ0v) is 10.0. The van der Waals surface area contributed by atoms with Crippen molar-refractivity contribution in [2.75, 3.05) is 13.2 Å². The Hall–Kier alpha value is -2.18. The van der Waals surface area contributed by atoms with Gasteiger partial charge < -0.3 is 9.84 Å². The van der Waals surface area contributed by atoms with Crippen LogP contribution in [-0.4, -0.2) is 24.4 Å². The van der Waals surface area contributed by atoms with Gasteiger partial charge in [-0.1, -0.05) is 59.9 Å². The maximum Gasteiger partial charge on any atom is 0.176 e. The lowest BCUT2D eigenvalue weighted by Gasteiger charge is -1.93. The quantitative estimate of drug-likeness (QED) is 0.634. The second-order valence-electron chi connectivity index (χ2n) is 3.40. The van der Waals surface area contributed by atoms with Gasteiger partial charge in [0.2, 0.25) is 0 Å². The molecule has 0 radical (unpaired) electrons. The van der Waals surface area contributed by atoms with Crippen molar-refractivity contribution in [3.05, 3.63) is 35.9 Å². The van der Waals surface area contributed by atoms with Gasteiger partial charge in [-0.2, -0.15) is 0 Å². The molecule has 0 saturated carbocycles. The molecule has 0 aliphatic carbocycles. The van der Waals surface area contributed by atoms with Crippen LogP contribution >= 0.6 is 0 Å². The van der Waals surface area contributed by atoms with Crippen LogP contribution in [0.5, 0.6) is 0 Å². The van der Waals surface area contributed by atoms with E-state index in [1.165, 1.54) is 0 Å². The Balaban J connectivity index is 2.32. The molecule has 1 aromatic carbocycles. The minimum Gasteiger partial charge on any atom is -0.369 e. The van der Waals surface area contributed by atoms with Crippen molar-refractivity contribution in [2.45, 2.75) is 12.5 Å².